The Morgan fingerprint density at radius 3 is 2.25 bits per heavy atom. The highest BCUT2D eigenvalue weighted by Gasteiger charge is 2.70. The van der Waals surface area contributed by atoms with Crippen LogP contribution in [0.5, 0.6) is 0 Å². The van der Waals surface area contributed by atoms with Gasteiger partial charge in [0.05, 0.1) is 0 Å². The largest absolute Gasteiger partial charge is 0.481 e. The van der Waals surface area contributed by atoms with Gasteiger partial charge in [0.25, 0.3) is 0 Å². The van der Waals surface area contributed by atoms with Crippen molar-refractivity contribution in [3.05, 3.63) is 11.6 Å². The quantitative estimate of drug-likeness (QED) is 0.313. The summed E-state index contributed by atoms with van der Waals surface area (Å²) < 4.78 is 5.69. The van der Waals surface area contributed by atoms with Crippen LogP contribution in [0.25, 0.3) is 0 Å². The minimum absolute atomic E-state index is 0.0136. The third-order valence-corrected chi connectivity index (χ3v) is 13.8. The van der Waals surface area contributed by atoms with Gasteiger partial charge < -0.3 is 9.84 Å². The highest BCUT2D eigenvalue weighted by Crippen LogP contribution is 2.75. The first kappa shape index (κ1) is 26.3. The predicted molar refractivity (Wildman–Crippen MR) is 142 cm³/mol. The first-order valence-electron chi connectivity index (χ1n) is 14.8. The molecule has 0 aromatic carbocycles. The van der Waals surface area contributed by atoms with Crippen LogP contribution in [0.2, 0.25) is 0 Å². The fourth-order valence-electron chi connectivity index (χ4n) is 11.2. The third-order valence-electron chi connectivity index (χ3n) is 13.8. The zero-order valence-corrected chi connectivity index (χ0v) is 24.1. The van der Waals surface area contributed by atoms with Gasteiger partial charge >= 0.3 is 11.9 Å². The summed E-state index contributed by atoms with van der Waals surface area (Å²) in [7, 11) is 0. The molecule has 4 fully saturated rings. The van der Waals surface area contributed by atoms with Crippen molar-refractivity contribution in [2.75, 3.05) is 0 Å². The van der Waals surface area contributed by atoms with Crippen LogP contribution in [-0.4, -0.2) is 23.1 Å². The molecule has 0 heterocycles. The molecule has 0 aromatic heterocycles. The summed E-state index contributed by atoms with van der Waals surface area (Å²) in [6.07, 6.45) is 12.0. The van der Waals surface area contributed by atoms with Gasteiger partial charge in [0.1, 0.15) is 11.5 Å². The number of fused-ring (bicyclic) bond motifs is 7. The van der Waals surface area contributed by atoms with E-state index in [-0.39, 0.29) is 28.1 Å². The molecule has 11 atom stereocenters. The Morgan fingerprint density at radius 1 is 0.917 bits per heavy atom. The van der Waals surface area contributed by atoms with E-state index >= 15 is 0 Å². The molecule has 4 saturated carbocycles. The Morgan fingerprint density at radius 2 is 1.61 bits per heavy atom. The summed E-state index contributed by atoms with van der Waals surface area (Å²) in [5.41, 5.74) is 1.40. The van der Waals surface area contributed by atoms with Gasteiger partial charge in [0, 0.05) is 6.92 Å². The fourth-order valence-corrected chi connectivity index (χ4v) is 11.2. The molecular weight excluding hydrogens is 448 g/mol. The number of esters is 1. The maximum Gasteiger partial charge on any atom is 0.313 e. The minimum Gasteiger partial charge on any atom is -0.481 e. The van der Waals surface area contributed by atoms with Crippen molar-refractivity contribution in [2.45, 2.75) is 119 Å². The lowest BCUT2D eigenvalue weighted by Gasteiger charge is -2.71. The lowest BCUT2D eigenvalue weighted by atomic mass is 9.33. The molecule has 0 radical (unpaired) electrons. The topological polar surface area (TPSA) is 63.6 Å². The van der Waals surface area contributed by atoms with E-state index in [9.17, 15) is 14.7 Å². The van der Waals surface area contributed by atoms with Crippen molar-refractivity contribution in [3.63, 3.8) is 0 Å². The zero-order valence-electron chi connectivity index (χ0n) is 24.1. The van der Waals surface area contributed by atoms with E-state index in [0.717, 1.165) is 37.5 Å². The summed E-state index contributed by atoms with van der Waals surface area (Å²) in [4.78, 5) is 24.8. The monoisotopic (exact) mass is 498 g/mol. The Labute approximate surface area is 219 Å². The second kappa shape index (κ2) is 8.09. The molecule has 1 N–H and O–H groups in total. The molecule has 4 nitrogen and oxygen atoms in total. The number of carboxylic acids is 1. The molecule has 0 bridgehead atoms. The van der Waals surface area contributed by atoms with Crippen molar-refractivity contribution in [1.82, 2.24) is 0 Å². The maximum absolute atomic E-state index is 12.9. The first-order chi connectivity index (χ1) is 16.6. The van der Waals surface area contributed by atoms with E-state index in [4.69, 9.17) is 4.74 Å². The van der Waals surface area contributed by atoms with Crippen LogP contribution in [0.3, 0.4) is 0 Å². The average Bonchev–Trinajstić information content (AvgIpc) is 2.79. The van der Waals surface area contributed by atoms with Gasteiger partial charge in [0.2, 0.25) is 0 Å². The Hall–Kier alpha value is -1.32. The standard InChI is InChI=1S/C32H50O4/c1-19-11-14-28(4)17-18-30(6)22(26(28)20(19)2)9-10-23-29(5)15-13-25(36-21(3)33)32(8,27(34)35)24(29)12-16-31(23,30)7/h9,19-20,23-26H,10-18H2,1-8H3,(H,34,35)/t19-,20?,23?,24?,25?,26+,28?,29-,30?,31-,32-/m1/s1. The highest BCUT2D eigenvalue weighted by atomic mass is 16.5. The molecule has 0 amide bonds. The summed E-state index contributed by atoms with van der Waals surface area (Å²) in [6.45, 7) is 18.4. The van der Waals surface area contributed by atoms with Gasteiger partial charge in [-0.2, -0.15) is 0 Å². The van der Waals surface area contributed by atoms with Crippen LogP contribution in [0, 0.1) is 56.7 Å². The molecule has 5 rings (SSSR count). The van der Waals surface area contributed by atoms with Crippen molar-refractivity contribution in [1.29, 1.82) is 0 Å². The molecule has 0 spiro atoms. The van der Waals surface area contributed by atoms with Crippen LogP contribution in [0.1, 0.15) is 113 Å². The summed E-state index contributed by atoms with van der Waals surface area (Å²) in [6, 6.07) is 0. The van der Waals surface area contributed by atoms with E-state index in [1.165, 1.54) is 32.6 Å². The van der Waals surface area contributed by atoms with E-state index in [1.54, 1.807) is 5.57 Å². The van der Waals surface area contributed by atoms with Crippen LogP contribution in [0.15, 0.2) is 11.6 Å². The number of carbonyl (C=O) groups is 2. The summed E-state index contributed by atoms with van der Waals surface area (Å²) >= 11 is 0. The first-order valence-corrected chi connectivity index (χ1v) is 14.8. The number of hydrogen-bond donors (Lipinski definition) is 1. The molecule has 36 heavy (non-hydrogen) atoms. The summed E-state index contributed by atoms with van der Waals surface area (Å²) in [5, 5.41) is 10.5. The third kappa shape index (κ3) is 3.17. The maximum atomic E-state index is 12.9. The molecule has 0 saturated heterocycles. The zero-order chi connectivity index (χ0) is 26.5. The molecule has 5 aliphatic rings. The van der Waals surface area contributed by atoms with Gasteiger partial charge in [-0.1, -0.05) is 53.2 Å². The van der Waals surface area contributed by atoms with Gasteiger partial charge in [-0.15, -0.1) is 0 Å². The second-order valence-electron chi connectivity index (χ2n) is 15.0. The van der Waals surface area contributed by atoms with Crippen molar-refractivity contribution >= 4 is 11.9 Å². The SMILES string of the molecule is CC(=O)OC1CC[C@@]2(C)C(CC[C@]3(C)C2CC=C2[C@@H]4C(C)[C@H](C)CCC4(C)CCC23C)[C@@]1(C)C(=O)O. The summed E-state index contributed by atoms with van der Waals surface area (Å²) in [5.74, 6) is 1.47. The lowest BCUT2D eigenvalue weighted by Crippen LogP contribution is -2.66. The molecule has 0 aliphatic heterocycles. The van der Waals surface area contributed by atoms with E-state index in [2.05, 4.69) is 47.6 Å². The lowest BCUT2D eigenvalue weighted by molar-refractivity contribution is -0.223. The van der Waals surface area contributed by atoms with Gasteiger partial charge in [-0.05, 0) is 116 Å². The average molecular weight is 499 g/mol. The Bertz CT molecular complexity index is 985. The number of allylic oxidation sites excluding steroid dienone is 2. The molecule has 202 valence electrons. The van der Waals surface area contributed by atoms with Gasteiger partial charge in [-0.25, -0.2) is 0 Å². The van der Waals surface area contributed by atoms with E-state index < -0.39 is 17.5 Å². The van der Waals surface area contributed by atoms with Crippen LogP contribution < -0.4 is 0 Å². The second-order valence-corrected chi connectivity index (χ2v) is 15.0. The molecule has 5 aliphatic carbocycles. The van der Waals surface area contributed by atoms with Crippen LogP contribution in [-0.2, 0) is 14.3 Å². The number of carbonyl (C=O) groups excluding carboxylic acids is 1. The minimum atomic E-state index is -1.04. The van der Waals surface area contributed by atoms with Crippen LogP contribution >= 0.6 is 0 Å². The van der Waals surface area contributed by atoms with Crippen molar-refractivity contribution < 1.29 is 19.4 Å². The number of aliphatic carboxylic acids is 1. The smallest absolute Gasteiger partial charge is 0.313 e. The Balaban J connectivity index is 1.57. The number of rotatable bonds is 2. The number of carboxylic acid groups (broad SMARTS) is 1. The van der Waals surface area contributed by atoms with Gasteiger partial charge in [-0.3, -0.25) is 9.59 Å². The fraction of sp³-hybridized carbons (Fsp3) is 0.875. The number of ether oxygens (including phenoxy) is 1. The molecule has 6 unspecified atom stereocenters. The Kier molecular flexibility index (Phi) is 5.91. The van der Waals surface area contributed by atoms with Crippen molar-refractivity contribution in [3.8, 4) is 0 Å². The number of hydrogen-bond acceptors (Lipinski definition) is 3. The highest BCUT2D eigenvalue weighted by molar-refractivity contribution is 5.77. The molecule has 0 aromatic rings. The molecule has 4 heteroatoms. The predicted octanol–water partition coefficient (Wildman–Crippen LogP) is 7.66. The normalized spacial score (nSPS) is 54.2. The van der Waals surface area contributed by atoms with E-state index in [0.29, 0.717) is 23.7 Å². The van der Waals surface area contributed by atoms with Gasteiger partial charge in [0.15, 0.2) is 0 Å². The van der Waals surface area contributed by atoms with E-state index in [1.807, 2.05) is 6.92 Å². The van der Waals surface area contributed by atoms with Crippen molar-refractivity contribution in [2.24, 2.45) is 56.7 Å². The molecular formula is C32H50O4. The van der Waals surface area contributed by atoms with Crippen LogP contribution in [0.4, 0.5) is 0 Å².